The molecule has 0 amide bonds. The largest absolute Gasteiger partial charge is 0.309 e. The first kappa shape index (κ1) is 36.2. The smallest absolute Gasteiger partial charge is 0.101 e. The molecule has 0 saturated carbocycles. The van der Waals surface area contributed by atoms with Gasteiger partial charge in [-0.05, 0) is 48.6 Å². The van der Waals surface area contributed by atoms with Crippen molar-refractivity contribution in [3.05, 3.63) is 46.4 Å². The van der Waals surface area contributed by atoms with Crippen molar-refractivity contribution in [2.45, 2.75) is 155 Å². The first-order valence-electron chi connectivity index (χ1n) is 19.0. The number of anilines is 2. The second-order valence-electron chi connectivity index (χ2n) is 13.4. The Kier molecular flexibility index (Phi) is 15.7. The molecule has 0 unspecified atom stereocenters. The standard InChI is InChI=1S/C40H58N4S3/c1-3-5-7-9-11-13-15-17-19-21-25-31-32(26-22-20-18-16-14-12-10-8-6-4-2)42-38-36(34-28-24-30-46-34)40-39(43-47-44-40)35(37(38)41-31)33-27-23-29-45-33/h23-24,27-30,43-44H,3-22,25-26H2,1-2H3. The Morgan fingerprint density at radius 2 is 0.851 bits per heavy atom. The minimum atomic E-state index is 1.03. The Bertz CT molecular complexity index is 1340. The van der Waals surface area contributed by atoms with Gasteiger partial charge in [-0.2, -0.15) is 0 Å². The second-order valence-corrected chi connectivity index (χ2v) is 15.9. The summed E-state index contributed by atoms with van der Waals surface area (Å²) in [6, 6.07) is 8.77. The maximum absolute atomic E-state index is 5.59. The van der Waals surface area contributed by atoms with Crippen molar-refractivity contribution in [1.29, 1.82) is 0 Å². The van der Waals surface area contributed by atoms with Crippen LogP contribution in [0.15, 0.2) is 35.0 Å². The van der Waals surface area contributed by atoms with E-state index >= 15 is 0 Å². The van der Waals surface area contributed by atoms with E-state index in [2.05, 4.69) is 58.3 Å². The minimum Gasteiger partial charge on any atom is -0.309 e. The molecule has 0 radical (unpaired) electrons. The maximum Gasteiger partial charge on any atom is 0.101 e. The Morgan fingerprint density at radius 3 is 1.19 bits per heavy atom. The third-order valence-corrected chi connectivity index (χ3v) is 12.0. The van der Waals surface area contributed by atoms with Gasteiger partial charge in [-0.1, -0.05) is 142 Å². The van der Waals surface area contributed by atoms with Crippen LogP contribution in [0.3, 0.4) is 0 Å². The molecule has 47 heavy (non-hydrogen) atoms. The number of hydrogen-bond acceptors (Lipinski definition) is 7. The van der Waals surface area contributed by atoms with E-state index in [1.54, 1.807) is 34.8 Å². The summed E-state index contributed by atoms with van der Waals surface area (Å²) < 4.78 is 7.19. The number of nitrogens with one attached hydrogen (secondary N) is 2. The number of fused-ring (bicyclic) bond motifs is 2. The molecule has 0 bridgehead atoms. The summed E-state index contributed by atoms with van der Waals surface area (Å²) in [5, 5.41) is 4.35. The molecule has 1 aromatic carbocycles. The van der Waals surface area contributed by atoms with E-state index in [1.807, 2.05) is 0 Å². The number of nitrogens with zero attached hydrogens (tertiary/aromatic N) is 2. The van der Waals surface area contributed by atoms with Gasteiger partial charge in [-0.25, -0.2) is 9.97 Å². The number of unbranched alkanes of at least 4 members (excludes halogenated alkanes) is 18. The number of aromatic nitrogens is 2. The Morgan fingerprint density at radius 1 is 0.489 bits per heavy atom. The van der Waals surface area contributed by atoms with E-state index in [-0.39, 0.29) is 0 Å². The van der Waals surface area contributed by atoms with E-state index in [9.17, 15) is 0 Å². The Labute approximate surface area is 297 Å². The molecule has 4 nitrogen and oxygen atoms in total. The van der Waals surface area contributed by atoms with Crippen molar-refractivity contribution in [1.82, 2.24) is 9.97 Å². The maximum atomic E-state index is 5.59. The first-order chi connectivity index (χ1) is 23.3. The SMILES string of the molecule is CCCCCCCCCCCCc1nc2c(-c3cccs3)c3c(c(-c4cccs4)c2nc1CCCCCCCCCCCC)NSN3. The minimum absolute atomic E-state index is 1.03. The summed E-state index contributed by atoms with van der Waals surface area (Å²) >= 11 is 5.14. The molecule has 3 aromatic heterocycles. The van der Waals surface area contributed by atoms with Gasteiger partial charge >= 0.3 is 0 Å². The molecule has 0 fully saturated rings. The highest BCUT2D eigenvalue weighted by Crippen LogP contribution is 2.52. The van der Waals surface area contributed by atoms with Gasteiger partial charge in [0.05, 0.1) is 34.9 Å². The lowest BCUT2D eigenvalue weighted by Gasteiger charge is -2.18. The number of benzene rings is 1. The van der Waals surface area contributed by atoms with Crippen LogP contribution >= 0.6 is 34.8 Å². The van der Waals surface area contributed by atoms with Crippen LogP contribution in [0.25, 0.3) is 31.9 Å². The van der Waals surface area contributed by atoms with Crippen LogP contribution < -0.4 is 9.44 Å². The molecule has 0 aliphatic carbocycles. The Hall–Kier alpha value is -2.09. The van der Waals surface area contributed by atoms with Gasteiger partial charge in [0.25, 0.3) is 0 Å². The molecule has 0 spiro atoms. The summed E-state index contributed by atoms with van der Waals surface area (Å²) in [7, 11) is 0. The van der Waals surface area contributed by atoms with Crippen LogP contribution in [-0.4, -0.2) is 9.97 Å². The summed E-state index contributed by atoms with van der Waals surface area (Å²) in [5.41, 5.74) is 9.28. The lowest BCUT2D eigenvalue weighted by atomic mass is 9.98. The van der Waals surface area contributed by atoms with Crippen molar-refractivity contribution in [3.8, 4) is 20.9 Å². The molecular weight excluding hydrogens is 633 g/mol. The fraction of sp³-hybridized carbons (Fsp3) is 0.600. The average molecular weight is 691 g/mol. The highest BCUT2D eigenvalue weighted by atomic mass is 32.2. The Balaban J connectivity index is 1.34. The van der Waals surface area contributed by atoms with Gasteiger partial charge in [0.15, 0.2) is 0 Å². The topological polar surface area (TPSA) is 49.8 Å². The predicted molar refractivity (Wildman–Crippen MR) is 212 cm³/mol. The van der Waals surface area contributed by atoms with Crippen LogP contribution in [0.2, 0.25) is 0 Å². The van der Waals surface area contributed by atoms with Gasteiger partial charge in [-0.15, -0.1) is 22.7 Å². The number of rotatable bonds is 24. The second kappa shape index (κ2) is 20.4. The molecular formula is C40H58N4S3. The molecule has 2 N–H and O–H groups in total. The van der Waals surface area contributed by atoms with Crippen LogP contribution in [0.4, 0.5) is 11.4 Å². The van der Waals surface area contributed by atoms with Gasteiger partial charge in [0.2, 0.25) is 0 Å². The van der Waals surface area contributed by atoms with Crippen LogP contribution in [0, 0.1) is 0 Å². The van der Waals surface area contributed by atoms with Crippen molar-refractivity contribution < 1.29 is 0 Å². The van der Waals surface area contributed by atoms with Crippen molar-refractivity contribution in [3.63, 3.8) is 0 Å². The van der Waals surface area contributed by atoms with Crippen molar-refractivity contribution in [2.24, 2.45) is 0 Å². The summed E-state index contributed by atoms with van der Waals surface area (Å²) in [5.74, 6) is 0. The normalized spacial score (nSPS) is 12.5. The highest BCUT2D eigenvalue weighted by molar-refractivity contribution is 8.02. The summed E-state index contributed by atoms with van der Waals surface area (Å²) in [6.07, 6.45) is 29.2. The number of thiophene rings is 2. The van der Waals surface area contributed by atoms with Crippen LogP contribution in [0.1, 0.15) is 154 Å². The molecule has 256 valence electrons. The van der Waals surface area contributed by atoms with E-state index < -0.39 is 0 Å². The van der Waals surface area contributed by atoms with E-state index in [4.69, 9.17) is 9.97 Å². The van der Waals surface area contributed by atoms with E-state index in [0.29, 0.717) is 0 Å². The van der Waals surface area contributed by atoms with Gasteiger partial charge in [-0.3, -0.25) is 0 Å². The van der Waals surface area contributed by atoms with Gasteiger partial charge < -0.3 is 9.44 Å². The lowest BCUT2D eigenvalue weighted by Crippen LogP contribution is -2.06. The number of aryl methyl sites for hydroxylation is 2. The first-order valence-corrected chi connectivity index (χ1v) is 21.5. The molecule has 4 aromatic rings. The summed E-state index contributed by atoms with van der Waals surface area (Å²) in [4.78, 5) is 13.7. The zero-order chi connectivity index (χ0) is 32.5. The van der Waals surface area contributed by atoms with E-state index in [0.717, 1.165) is 35.2 Å². The zero-order valence-corrected chi connectivity index (χ0v) is 31.6. The van der Waals surface area contributed by atoms with Crippen LogP contribution in [0.5, 0.6) is 0 Å². The molecule has 1 aliphatic rings. The third-order valence-electron chi connectivity index (χ3n) is 9.65. The molecule has 0 atom stereocenters. The molecule has 1 aliphatic heterocycles. The van der Waals surface area contributed by atoms with Crippen LogP contribution in [-0.2, 0) is 12.8 Å². The van der Waals surface area contributed by atoms with Gasteiger partial charge in [0, 0.05) is 20.9 Å². The van der Waals surface area contributed by atoms with E-state index in [1.165, 1.54) is 161 Å². The zero-order valence-electron chi connectivity index (χ0n) is 29.1. The molecule has 4 heterocycles. The van der Waals surface area contributed by atoms with Crippen molar-refractivity contribution in [2.75, 3.05) is 9.44 Å². The molecule has 5 rings (SSSR count). The average Bonchev–Trinajstić information content (AvgIpc) is 3.90. The quantitative estimate of drug-likeness (QED) is 0.0566. The fourth-order valence-electron chi connectivity index (χ4n) is 6.95. The molecule has 7 heteroatoms. The summed E-state index contributed by atoms with van der Waals surface area (Å²) in [6.45, 7) is 4.60. The lowest BCUT2D eigenvalue weighted by molar-refractivity contribution is 0.551. The number of hydrogen-bond donors (Lipinski definition) is 2. The predicted octanol–water partition coefficient (Wildman–Crippen LogP) is 14.4. The fourth-order valence-corrected chi connectivity index (χ4v) is 9.17. The third kappa shape index (κ3) is 10.4. The van der Waals surface area contributed by atoms with Crippen molar-refractivity contribution >= 4 is 57.2 Å². The van der Waals surface area contributed by atoms with Gasteiger partial charge in [0.1, 0.15) is 11.0 Å². The monoisotopic (exact) mass is 690 g/mol. The molecule has 0 saturated heterocycles. The highest BCUT2D eigenvalue weighted by Gasteiger charge is 2.28.